The lowest BCUT2D eigenvalue weighted by molar-refractivity contribution is 0.410. The zero-order valence-electron chi connectivity index (χ0n) is 14.8. The van der Waals surface area contributed by atoms with Crippen LogP contribution in [0.1, 0.15) is 52.7 Å². The van der Waals surface area contributed by atoms with Gasteiger partial charge in [-0.25, -0.2) is 0 Å². The van der Waals surface area contributed by atoms with Gasteiger partial charge in [0.05, 0.1) is 4.47 Å². The first-order chi connectivity index (χ1) is 9.14. The van der Waals surface area contributed by atoms with Gasteiger partial charge in [-0.1, -0.05) is 41.5 Å². The topological polar surface area (TPSA) is 29.5 Å². The molecule has 0 atom stereocenters. The summed E-state index contributed by atoms with van der Waals surface area (Å²) in [6.07, 6.45) is 0. The van der Waals surface area contributed by atoms with E-state index >= 15 is 0 Å². The molecule has 0 spiro atoms. The van der Waals surface area contributed by atoms with Crippen LogP contribution in [-0.4, -0.2) is 13.4 Å². The van der Waals surface area contributed by atoms with Crippen molar-refractivity contribution in [2.75, 3.05) is 0 Å². The normalized spacial score (nSPS) is 13.4. The van der Waals surface area contributed by atoms with Crippen LogP contribution in [0.25, 0.3) is 0 Å². The van der Waals surface area contributed by atoms with E-state index in [-0.39, 0.29) is 10.8 Å². The molecule has 1 aromatic rings. The zero-order valence-corrected chi connectivity index (χ0v) is 17.4. The first kappa shape index (κ1) is 18.6. The lowest BCUT2D eigenvalue weighted by Crippen LogP contribution is -2.31. The SMILES string of the molecule is CC(C)(C)c1cc(Br)c(O[Si](C)(C)C)c(C(C)(C)C)c1O. The van der Waals surface area contributed by atoms with Crippen LogP contribution in [0.15, 0.2) is 10.5 Å². The summed E-state index contributed by atoms with van der Waals surface area (Å²) >= 11 is 3.66. The minimum Gasteiger partial charge on any atom is -0.543 e. The molecular weight excluding hydrogens is 344 g/mol. The molecule has 0 fully saturated rings. The van der Waals surface area contributed by atoms with E-state index in [0.717, 1.165) is 21.3 Å². The Morgan fingerprint density at radius 3 is 1.81 bits per heavy atom. The van der Waals surface area contributed by atoms with E-state index in [9.17, 15) is 5.11 Å². The summed E-state index contributed by atoms with van der Waals surface area (Å²) in [5.41, 5.74) is 1.53. The fourth-order valence-electron chi connectivity index (χ4n) is 2.30. The molecule has 0 aliphatic rings. The lowest BCUT2D eigenvalue weighted by atomic mass is 9.79. The molecule has 0 aliphatic heterocycles. The minimum absolute atomic E-state index is 0.121. The molecule has 0 bridgehead atoms. The fourth-order valence-corrected chi connectivity index (χ4v) is 3.78. The van der Waals surface area contributed by atoms with Gasteiger partial charge in [0.2, 0.25) is 8.32 Å². The first-order valence-corrected chi connectivity index (χ1v) is 11.6. The van der Waals surface area contributed by atoms with Crippen LogP contribution in [0.5, 0.6) is 11.5 Å². The Kier molecular flexibility index (Phi) is 4.97. The van der Waals surface area contributed by atoms with Gasteiger partial charge in [0, 0.05) is 11.1 Å². The molecule has 1 N–H and O–H groups in total. The Morgan fingerprint density at radius 1 is 1.00 bits per heavy atom. The van der Waals surface area contributed by atoms with E-state index in [4.69, 9.17) is 4.43 Å². The average Bonchev–Trinajstić information content (AvgIpc) is 2.17. The second-order valence-electron chi connectivity index (χ2n) is 8.67. The third-order valence-corrected chi connectivity index (χ3v) is 4.58. The molecular formula is C17H29BrO2Si. The molecule has 0 unspecified atom stereocenters. The highest BCUT2D eigenvalue weighted by molar-refractivity contribution is 9.10. The summed E-state index contributed by atoms with van der Waals surface area (Å²) in [6.45, 7) is 19.1. The summed E-state index contributed by atoms with van der Waals surface area (Å²) in [5.74, 6) is 1.17. The molecule has 120 valence electrons. The van der Waals surface area contributed by atoms with E-state index in [1.54, 1.807) is 0 Å². The largest absolute Gasteiger partial charge is 0.543 e. The van der Waals surface area contributed by atoms with E-state index in [1.807, 2.05) is 6.07 Å². The predicted molar refractivity (Wildman–Crippen MR) is 97.2 cm³/mol. The van der Waals surface area contributed by atoms with Crippen LogP contribution in [0.2, 0.25) is 19.6 Å². The predicted octanol–water partition coefficient (Wildman–Crippen LogP) is 5.96. The maximum absolute atomic E-state index is 10.9. The molecule has 0 radical (unpaired) electrons. The molecule has 1 aromatic carbocycles. The molecule has 21 heavy (non-hydrogen) atoms. The van der Waals surface area contributed by atoms with Crippen molar-refractivity contribution in [1.82, 2.24) is 0 Å². The smallest absolute Gasteiger partial charge is 0.242 e. The Bertz CT molecular complexity index is 532. The Labute approximate surface area is 139 Å². The summed E-state index contributed by atoms with van der Waals surface area (Å²) in [6, 6.07) is 2.00. The number of aromatic hydroxyl groups is 1. The first-order valence-electron chi connectivity index (χ1n) is 7.40. The van der Waals surface area contributed by atoms with Crippen molar-refractivity contribution in [2.24, 2.45) is 0 Å². The van der Waals surface area contributed by atoms with Crippen molar-refractivity contribution >= 4 is 24.2 Å². The minimum atomic E-state index is -1.77. The summed E-state index contributed by atoms with van der Waals surface area (Å²) < 4.78 is 7.20. The van der Waals surface area contributed by atoms with Crippen LogP contribution in [0, 0.1) is 0 Å². The van der Waals surface area contributed by atoms with E-state index in [1.165, 1.54) is 0 Å². The van der Waals surface area contributed by atoms with Crippen LogP contribution in [0.3, 0.4) is 0 Å². The number of halogens is 1. The lowest BCUT2D eigenvalue weighted by Gasteiger charge is -2.32. The highest BCUT2D eigenvalue weighted by Gasteiger charge is 2.32. The monoisotopic (exact) mass is 372 g/mol. The van der Waals surface area contributed by atoms with E-state index < -0.39 is 8.32 Å². The van der Waals surface area contributed by atoms with Crippen molar-refractivity contribution in [3.63, 3.8) is 0 Å². The van der Waals surface area contributed by atoms with Crippen LogP contribution in [0.4, 0.5) is 0 Å². The number of hydrogen-bond donors (Lipinski definition) is 1. The number of phenolic OH excluding ortho intramolecular Hbond substituents is 1. The highest BCUT2D eigenvalue weighted by Crippen LogP contribution is 2.48. The Hall–Kier alpha value is -0.483. The molecule has 0 saturated heterocycles. The second-order valence-corrected chi connectivity index (χ2v) is 14.0. The number of hydrogen-bond acceptors (Lipinski definition) is 2. The third-order valence-electron chi connectivity index (χ3n) is 3.17. The van der Waals surface area contributed by atoms with Crippen molar-refractivity contribution in [1.29, 1.82) is 0 Å². The standard InChI is InChI=1S/C17H29BrO2Si/c1-16(2,3)11-10-12(18)15(20-21(7,8)9)13(14(11)19)17(4,5)6/h10,19H,1-9H3. The molecule has 0 aliphatic carbocycles. The van der Waals surface area contributed by atoms with Crippen molar-refractivity contribution in [3.8, 4) is 11.5 Å². The molecule has 0 heterocycles. The molecule has 1 rings (SSSR count). The van der Waals surface area contributed by atoms with Crippen LogP contribution >= 0.6 is 15.9 Å². The van der Waals surface area contributed by atoms with Gasteiger partial charge in [0.15, 0.2) is 0 Å². The van der Waals surface area contributed by atoms with Gasteiger partial charge >= 0.3 is 0 Å². The van der Waals surface area contributed by atoms with Crippen LogP contribution in [-0.2, 0) is 10.8 Å². The Morgan fingerprint density at radius 2 is 1.48 bits per heavy atom. The molecule has 0 amide bonds. The van der Waals surface area contributed by atoms with Crippen LogP contribution < -0.4 is 4.43 Å². The summed E-state index contributed by atoms with van der Waals surface area (Å²) in [5, 5.41) is 10.9. The van der Waals surface area contributed by atoms with Crippen molar-refractivity contribution in [3.05, 3.63) is 21.7 Å². The highest BCUT2D eigenvalue weighted by atomic mass is 79.9. The number of phenols is 1. The number of benzene rings is 1. The van der Waals surface area contributed by atoms with Crippen molar-refractivity contribution < 1.29 is 9.53 Å². The summed E-state index contributed by atoms with van der Waals surface area (Å²) in [4.78, 5) is 0. The molecule has 2 nitrogen and oxygen atoms in total. The van der Waals surface area contributed by atoms with Gasteiger partial charge < -0.3 is 9.53 Å². The maximum atomic E-state index is 10.9. The Balaban J connectivity index is 3.71. The average molecular weight is 373 g/mol. The molecule has 4 heteroatoms. The van der Waals surface area contributed by atoms with Gasteiger partial charge in [-0.15, -0.1) is 0 Å². The van der Waals surface area contributed by atoms with Gasteiger partial charge in [0.25, 0.3) is 0 Å². The van der Waals surface area contributed by atoms with E-state index in [0.29, 0.717) is 5.75 Å². The zero-order chi connectivity index (χ0) is 16.8. The van der Waals surface area contributed by atoms with E-state index in [2.05, 4.69) is 77.1 Å². The van der Waals surface area contributed by atoms with Gasteiger partial charge in [0.1, 0.15) is 11.5 Å². The third kappa shape index (κ3) is 4.49. The maximum Gasteiger partial charge on any atom is 0.242 e. The van der Waals surface area contributed by atoms with Gasteiger partial charge in [-0.05, 0) is 52.5 Å². The van der Waals surface area contributed by atoms with Gasteiger partial charge in [-0.2, -0.15) is 0 Å². The molecule has 0 saturated carbocycles. The second kappa shape index (κ2) is 5.62. The fraction of sp³-hybridized carbons (Fsp3) is 0.647. The quantitative estimate of drug-likeness (QED) is 0.648. The number of rotatable bonds is 2. The molecule has 0 aromatic heterocycles. The van der Waals surface area contributed by atoms with Crippen molar-refractivity contribution in [2.45, 2.75) is 72.0 Å². The summed E-state index contributed by atoms with van der Waals surface area (Å²) in [7, 11) is -1.77. The van der Waals surface area contributed by atoms with Gasteiger partial charge in [-0.3, -0.25) is 0 Å².